The monoisotopic (exact) mass is 367 g/mol. The quantitative estimate of drug-likeness (QED) is 0.641. The van der Waals surface area contributed by atoms with E-state index in [1.165, 1.54) is 31.5 Å². The zero-order valence-electron chi connectivity index (χ0n) is 14.2. The van der Waals surface area contributed by atoms with Crippen LogP contribution in [0, 0.1) is 0 Å². The Morgan fingerprint density at radius 1 is 1.23 bits per heavy atom. The molecule has 140 valence electrons. The first-order valence-electron chi connectivity index (χ1n) is 8.29. The summed E-state index contributed by atoms with van der Waals surface area (Å²) in [6.45, 7) is -2.97. The van der Waals surface area contributed by atoms with Crippen molar-refractivity contribution in [3.8, 4) is 11.5 Å². The van der Waals surface area contributed by atoms with Crippen molar-refractivity contribution in [1.29, 1.82) is 0 Å². The van der Waals surface area contributed by atoms with Crippen molar-refractivity contribution in [3.05, 3.63) is 23.8 Å². The van der Waals surface area contributed by atoms with Gasteiger partial charge in [0.05, 0.1) is 13.3 Å². The maximum Gasteiger partial charge on any atom is 0.387 e. The molecule has 1 N–H and O–H groups in total. The Hall–Kier alpha value is -2.71. The number of nitrogens with one attached hydrogen (secondary N) is 1. The van der Waals surface area contributed by atoms with Crippen molar-refractivity contribution < 1.29 is 27.8 Å². The van der Waals surface area contributed by atoms with Gasteiger partial charge in [0.25, 0.3) is 5.91 Å². The predicted octanol–water partition coefficient (Wildman–Crippen LogP) is 2.89. The van der Waals surface area contributed by atoms with Crippen LogP contribution in [0.25, 0.3) is 0 Å². The molecule has 1 aliphatic carbocycles. The highest BCUT2D eigenvalue weighted by Crippen LogP contribution is 2.34. The van der Waals surface area contributed by atoms with Gasteiger partial charge in [-0.1, -0.05) is 19.3 Å². The van der Waals surface area contributed by atoms with Crippen molar-refractivity contribution in [2.24, 2.45) is 5.10 Å². The predicted molar refractivity (Wildman–Crippen MR) is 88.4 cm³/mol. The average Bonchev–Trinajstić information content (AvgIpc) is 2.84. The van der Waals surface area contributed by atoms with E-state index in [0.717, 1.165) is 24.3 Å². The second-order valence-corrected chi connectivity index (χ2v) is 6.22. The van der Waals surface area contributed by atoms with Crippen LogP contribution in [0.1, 0.15) is 37.7 Å². The molecule has 9 heteroatoms. The lowest BCUT2D eigenvalue weighted by molar-refractivity contribution is -0.132. The molecule has 0 aromatic heterocycles. The summed E-state index contributed by atoms with van der Waals surface area (Å²) in [7, 11) is 1.32. The number of alkyl halides is 2. The van der Waals surface area contributed by atoms with Crippen molar-refractivity contribution in [3.63, 3.8) is 0 Å². The van der Waals surface area contributed by atoms with E-state index in [1.54, 1.807) is 0 Å². The first kappa shape index (κ1) is 18.1. The van der Waals surface area contributed by atoms with Gasteiger partial charge in [-0.05, 0) is 36.6 Å². The van der Waals surface area contributed by atoms with Gasteiger partial charge >= 0.3 is 12.6 Å². The largest absolute Gasteiger partial charge is 0.493 e. The molecule has 1 saturated carbocycles. The number of hydrazone groups is 1. The van der Waals surface area contributed by atoms with Gasteiger partial charge in [0.2, 0.25) is 0 Å². The summed E-state index contributed by atoms with van der Waals surface area (Å²) < 4.78 is 34.1. The molecule has 1 aromatic carbocycles. The minimum absolute atomic E-state index is 0.0928. The van der Waals surface area contributed by atoms with Crippen LogP contribution in [-0.4, -0.2) is 42.4 Å². The number of rotatable bonds is 5. The minimum Gasteiger partial charge on any atom is -0.493 e. The lowest BCUT2D eigenvalue weighted by Crippen LogP contribution is -2.48. The van der Waals surface area contributed by atoms with E-state index < -0.39 is 18.2 Å². The zero-order valence-corrected chi connectivity index (χ0v) is 14.2. The fourth-order valence-electron chi connectivity index (χ4n) is 3.29. The number of imide groups is 1. The van der Waals surface area contributed by atoms with Crippen LogP contribution in [0.3, 0.4) is 0 Å². The second-order valence-electron chi connectivity index (χ2n) is 6.22. The molecule has 1 saturated heterocycles. The van der Waals surface area contributed by atoms with Crippen molar-refractivity contribution >= 4 is 18.2 Å². The van der Waals surface area contributed by atoms with Crippen molar-refractivity contribution in [2.45, 2.75) is 44.3 Å². The first-order valence-corrected chi connectivity index (χ1v) is 8.29. The van der Waals surface area contributed by atoms with E-state index in [4.69, 9.17) is 4.74 Å². The third-order valence-electron chi connectivity index (χ3n) is 4.57. The highest BCUT2D eigenvalue weighted by Gasteiger charge is 2.51. The molecule has 26 heavy (non-hydrogen) atoms. The Morgan fingerprint density at radius 3 is 2.62 bits per heavy atom. The number of ether oxygens (including phenoxy) is 2. The number of halogens is 2. The normalized spacial score (nSPS) is 19.5. The summed E-state index contributed by atoms with van der Waals surface area (Å²) in [6, 6.07) is 3.65. The molecule has 1 heterocycles. The highest BCUT2D eigenvalue weighted by molar-refractivity contribution is 6.07. The molecule has 2 fully saturated rings. The standard InChI is InChI=1S/C17H19F2N3O4/c1-25-13-9-11(5-6-12(13)26-15(18)19)10-20-22-14(23)17(21-16(22)24)7-3-2-4-8-17/h5-6,9-10,15H,2-4,7-8H2,1H3,(H,21,24)/b20-10+. The molecular formula is C17H19F2N3O4. The molecule has 3 rings (SSSR count). The summed E-state index contributed by atoms with van der Waals surface area (Å²) in [5.74, 6) is -0.380. The van der Waals surface area contributed by atoms with Crippen molar-refractivity contribution in [2.75, 3.05) is 7.11 Å². The van der Waals surface area contributed by atoms with Crippen LogP contribution < -0.4 is 14.8 Å². The molecule has 1 aromatic rings. The summed E-state index contributed by atoms with van der Waals surface area (Å²) in [5.41, 5.74) is -0.382. The molecule has 1 aliphatic heterocycles. The van der Waals surface area contributed by atoms with E-state index in [2.05, 4.69) is 15.2 Å². The highest BCUT2D eigenvalue weighted by atomic mass is 19.3. The number of benzene rings is 1. The number of hydrogen-bond acceptors (Lipinski definition) is 5. The summed E-state index contributed by atoms with van der Waals surface area (Å²) in [6.07, 6.45) is 5.32. The number of carbonyl (C=O) groups excluding carboxylic acids is 2. The van der Waals surface area contributed by atoms with E-state index in [1.807, 2.05) is 0 Å². The average molecular weight is 367 g/mol. The molecule has 0 atom stereocenters. The van der Waals surface area contributed by atoms with Gasteiger partial charge in [0, 0.05) is 0 Å². The van der Waals surface area contributed by atoms with Gasteiger partial charge < -0.3 is 14.8 Å². The third kappa shape index (κ3) is 3.47. The molecule has 0 unspecified atom stereocenters. The molecule has 3 amide bonds. The number of carbonyl (C=O) groups is 2. The van der Waals surface area contributed by atoms with Crippen molar-refractivity contribution in [1.82, 2.24) is 10.3 Å². The minimum atomic E-state index is -2.97. The molecule has 0 bridgehead atoms. The Balaban J connectivity index is 1.77. The van der Waals surface area contributed by atoms with E-state index >= 15 is 0 Å². The zero-order chi connectivity index (χ0) is 18.7. The SMILES string of the molecule is COc1cc(/C=N/N2C(=O)NC3(CCCCC3)C2=O)ccc1OC(F)F. The number of methoxy groups -OCH3 is 1. The van der Waals surface area contributed by atoms with Gasteiger partial charge in [0.1, 0.15) is 5.54 Å². The molecular weight excluding hydrogens is 348 g/mol. The van der Waals surface area contributed by atoms with Crippen LogP contribution in [-0.2, 0) is 4.79 Å². The fourth-order valence-corrected chi connectivity index (χ4v) is 3.29. The Bertz CT molecular complexity index is 733. The Kier molecular flexibility index (Phi) is 5.06. The molecule has 1 spiro atoms. The number of nitrogens with zero attached hydrogens (tertiary/aromatic N) is 2. The summed E-state index contributed by atoms with van der Waals surface area (Å²) in [4.78, 5) is 24.7. The summed E-state index contributed by atoms with van der Waals surface area (Å²) >= 11 is 0. The van der Waals surface area contributed by atoms with Crippen LogP contribution in [0.2, 0.25) is 0 Å². The van der Waals surface area contributed by atoms with E-state index in [-0.39, 0.29) is 17.4 Å². The molecule has 0 radical (unpaired) electrons. The number of amides is 3. The van der Waals surface area contributed by atoms with E-state index in [0.29, 0.717) is 18.4 Å². The Morgan fingerprint density at radius 2 is 1.96 bits per heavy atom. The van der Waals surface area contributed by atoms with Gasteiger partial charge in [-0.3, -0.25) is 4.79 Å². The van der Waals surface area contributed by atoms with Gasteiger partial charge in [0.15, 0.2) is 11.5 Å². The van der Waals surface area contributed by atoms with E-state index in [9.17, 15) is 18.4 Å². The van der Waals surface area contributed by atoms with Crippen LogP contribution >= 0.6 is 0 Å². The van der Waals surface area contributed by atoms with Gasteiger partial charge in [-0.25, -0.2) is 4.79 Å². The Labute approximate surface area is 148 Å². The maximum atomic E-state index is 12.6. The first-order chi connectivity index (χ1) is 12.4. The summed E-state index contributed by atoms with van der Waals surface area (Å²) in [5, 5.41) is 7.55. The van der Waals surface area contributed by atoms with Gasteiger partial charge in [-0.15, -0.1) is 5.01 Å². The third-order valence-corrected chi connectivity index (χ3v) is 4.57. The fraction of sp³-hybridized carbons (Fsp3) is 0.471. The van der Waals surface area contributed by atoms with Gasteiger partial charge in [-0.2, -0.15) is 13.9 Å². The molecule has 2 aliphatic rings. The lowest BCUT2D eigenvalue weighted by atomic mass is 9.82. The molecule has 7 nitrogen and oxygen atoms in total. The lowest BCUT2D eigenvalue weighted by Gasteiger charge is -2.29. The number of hydrogen-bond donors (Lipinski definition) is 1. The maximum absolute atomic E-state index is 12.6. The van der Waals surface area contributed by atoms with Crippen LogP contribution in [0.15, 0.2) is 23.3 Å². The smallest absolute Gasteiger partial charge is 0.387 e. The van der Waals surface area contributed by atoms with Crippen LogP contribution in [0.5, 0.6) is 11.5 Å². The second kappa shape index (κ2) is 7.27. The van der Waals surface area contributed by atoms with Crippen LogP contribution in [0.4, 0.5) is 13.6 Å². The number of urea groups is 1. The topological polar surface area (TPSA) is 80.2 Å².